The van der Waals surface area contributed by atoms with Crippen molar-refractivity contribution in [2.75, 3.05) is 18.0 Å². The molecule has 0 spiro atoms. The summed E-state index contributed by atoms with van der Waals surface area (Å²) in [5.74, 6) is -1.89. The van der Waals surface area contributed by atoms with E-state index in [0.717, 1.165) is 54.3 Å². The van der Waals surface area contributed by atoms with Gasteiger partial charge in [-0.1, -0.05) is 56.5 Å². The topological polar surface area (TPSA) is 147 Å². The molecule has 5 amide bonds. The number of aromatic nitrogens is 1. The van der Waals surface area contributed by atoms with Crippen LogP contribution in [-0.4, -0.2) is 64.3 Å². The molecule has 1 saturated carbocycles. The number of para-hydroxylation sites is 1. The summed E-state index contributed by atoms with van der Waals surface area (Å²) in [6, 6.07) is 17.5. The average molecular weight is 714 g/mol. The van der Waals surface area contributed by atoms with Crippen LogP contribution in [0.4, 0.5) is 5.69 Å². The lowest BCUT2D eigenvalue weighted by molar-refractivity contribution is -0.197. The van der Waals surface area contributed by atoms with E-state index in [4.69, 9.17) is 4.84 Å². The van der Waals surface area contributed by atoms with Gasteiger partial charge in [-0.15, -0.1) is 5.06 Å². The Morgan fingerprint density at radius 1 is 0.846 bits per heavy atom. The Kier molecular flexibility index (Phi) is 13.6. The van der Waals surface area contributed by atoms with Crippen LogP contribution in [0.2, 0.25) is 0 Å². The van der Waals surface area contributed by atoms with E-state index in [-0.39, 0.29) is 55.5 Å². The fourth-order valence-corrected chi connectivity index (χ4v) is 7.08. The van der Waals surface area contributed by atoms with Crippen LogP contribution < -0.4 is 15.5 Å². The number of rotatable bonds is 17. The zero-order valence-corrected chi connectivity index (χ0v) is 30.4. The normalized spacial score (nSPS) is 17.3. The molecule has 0 unspecified atom stereocenters. The standard InChI is InChI=1S/C40H51N5O7/c1-3-28-13-12-15-32(25-28)43(4-2)37(48)27-44-33-16-10-9-14-30(33)26-34(44)40(51)42-31-20-18-29(19-21-31)39(50)41-24-11-7-5-6-8-17-38(49)52-45-35(46)22-23-36(45)47/h9-10,12-16,25-26,29,31H,3-8,11,17-24,27H2,1-2H3,(H,41,50)(H,42,51). The molecule has 2 N–H and O–H groups in total. The highest BCUT2D eigenvalue weighted by Gasteiger charge is 2.33. The summed E-state index contributed by atoms with van der Waals surface area (Å²) in [6.45, 7) is 5.17. The number of hydrogen-bond acceptors (Lipinski definition) is 7. The van der Waals surface area contributed by atoms with Crippen molar-refractivity contribution < 1.29 is 33.6 Å². The van der Waals surface area contributed by atoms with Crippen molar-refractivity contribution in [1.29, 1.82) is 0 Å². The van der Waals surface area contributed by atoms with E-state index in [0.29, 0.717) is 56.0 Å². The van der Waals surface area contributed by atoms with Crippen molar-refractivity contribution >= 4 is 52.1 Å². The third-order valence-corrected chi connectivity index (χ3v) is 10.1. The minimum atomic E-state index is -0.576. The van der Waals surface area contributed by atoms with Crippen molar-refractivity contribution in [3.05, 3.63) is 65.9 Å². The highest BCUT2D eigenvalue weighted by molar-refractivity contribution is 6.02. The molecule has 5 rings (SSSR count). The molecule has 278 valence electrons. The van der Waals surface area contributed by atoms with Crippen LogP contribution in [0.3, 0.4) is 0 Å². The van der Waals surface area contributed by atoms with Gasteiger partial charge in [0.15, 0.2) is 0 Å². The molecule has 2 aliphatic rings. The maximum Gasteiger partial charge on any atom is 0.333 e. The van der Waals surface area contributed by atoms with E-state index in [9.17, 15) is 28.8 Å². The number of unbranched alkanes of at least 4 members (excludes halogenated alkanes) is 4. The second kappa shape index (κ2) is 18.5. The lowest BCUT2D eigenvalue weighted by Gasteiger charge is -2.28. The van der Waals surface area contributed by atoms with Gasteiger partial charge in [-0.3, -0.25) is 24.0 Å². The first-order chi connectivity index (χ1) is 25.2. The lowest BCUT2D eigenvalue weighted by Crippen LogP contribution is -2.42. The number of nitrogens with one attached hydrogen (secondary N) is 2. The summed E-state index contributed by atoms with van der Waals surface area (Å²) in [5, 5.41) is 7.72. The van der Waals surface area contributed by atoms with Crippen LogP contribution in [0.25, 0.3) is 10.9 Å². The Balaban J connectivity index is 1.03. The number of fused-ring (bicyclic) bond motifs is 1. The van der Waals surface area contributed by atoms with E-state index in [2.05, 4.69) is 23.6 Å². The number of hydrogen-bond donors (Lipinski definition) is 2. The highest BCUT2D eigenvalue weighted by Crippen LogP contribution is 2.27. The number of imide groups is 1. The minimum Gasteiger partial charge on any atom is -0.356 e. The predicted molar refractivity (Wildman–Crippen MR) is 197 cm³/mol. The molecule has 52 heavy (non-hydrogen) atoms. The number of nitrogens with zero attached hydrogens (tertiary/aromatic N) is 3. The second-order valence-corrected chi connectivity index (χ2v) is 13.7. The number of carbonyl (C=O) groups is 6. The van der Waals surface area contributed by atoms with E-state index >= 15 is 0 Å². The molecular weight excluding hydrogens is 662 g/mol. The Labute approximate surface area is 305 Å². The molecule has 2 fully saturated rings. The average Bonchev–Trinajstić information content (AvgIpc) is 3.68. The lowest BCUT2D eigenvalue weighted by atomic mass is 9.85. The number of likely N-dealkylation sites (N-methyl/N-ethyl adjacent to an activating group) is 1. The largest absolute Gasteiger partial charge is 0.356 e. The van der Waals surface area contributed by atoms with Crippen molar-refractivity contribution in [3.8, 4) is 0 Å². The first kappa shape index (κ1) is 38.2. The van der Waals surface area contributed by atoms with Crippen molar-refractivity contribution in [2.45, 2.75) is 110 Å². The summed E-state index contributed by atoms with van der Waals surface area (Å²) < 4.78 is 1.81. The SMILES string of the molecule is CCc1cccc(N(CC)C(=O)Cn2c(C(=O)NC3CCC(C(=O)NCCCCCCCC(=O)ON4C(=O)CCC4=O)CC3)cc3ccccc32)c1. The van der Waals surface area contributed by atoms with Crippen LogP contribution in [0.5, 0.6) is 0 Å². The summed E-state index contributed by atoms with van der Waals surface area (Å²) in [5.41, 5.74) is 3.28. The second-order valence-electron chi connectivity index (χ2n) is 13.7. The third kappa shape index (κ3) is 9.86. The minimum absolute atomic E-state index is 0.0349. The molecule has 0 radical (unpaired) electrons. The van der Waals surface area contributed by atoms with Gasteiger partial charge in [0.2, 0.25) is 11.8 Å². The van der Waals surface area contributed by atoms with Gasteiger partial charge in [0.05, 0.1) is 0 Å². The van der Waals surface area contributed by atoms with E-state index in [1.54, 1.807) is 4.90 Å². The summed E-state index contributed by atoms with van der Waals surface area (Å²) >= 11 is 0. The predicted octanol–water partition coefficient (Wildman–Crippen LogP) is 5.61. The van der Waals surface area contributed by atoms with Crippen LogP contribution >= 0.6 is 0 Å². The molecule has 1 saturated heterocycles. The van der Waals surface area contributed by atoms with Gasteiger partial charge >= 0.3 is 5.97 Å². The molecule has 12 nitrogen and oxygen atoms in total. The molecule has 12 heteroatoms. The summed E-state index contributed by atoms with van der Waals surface area (Å²) in [4.78, 5) is 81.9. The number of anilines is 1. The Morgan fingerprint density at radius 3 is 2.29 bits per heavy atom. The number of hydroxylamine groups is 2. The maximum atomic E-state index is 13.7. The zero-order chi connectivity index (χ0) is 37.0. The number of benzene rings is 2. The van der Waals surface area contributed by atoms with E-state index in [1.807, 2.05) is 60.0 Å². The van der Waals surface area contributed by atoms with Gasteiger partial charge in [-0.25, -0.2) is 4.79 Å². The fraction of sp³-hybridized carbons (Fsp3) is 0.500. The Morgan fingerprint density at radius 2 is 1.56 bits per heavy atom. The molecule has 3 aromatic rings. The molecule has 1 aliphatic heterocycles. The highest BCUT2D eigenvalue weighted by atomic mass is 16.7. The van der Waals surface area contributed by atoms with Crippen LogP contribution in [0, 0.1) is 5.92 Å². The number of carbonyl (C=O) groups excluding carboxylic acids is 6. The number of aryl methyl sites for hydroxylation is 1. The van der Waals surface area contributed by atoms with Crippen molar-refractivity contribution in [1.82, 2.24) is 20.3 Å². The van der Waals surface area contributed by atoms with Gasteiger partial charge in [-0.2, -0.15) is 0 Å². The van der Waals surface area contributed by atoms with Gasteiger partial charge in [0.1, 0.15) is 12.2 Å². The Hall–Kier alpha value is -5.00. The fourth-order valence-electron chi connectivity index (χ4n) is 7.08. The quantitative estimate of drug-likeness (QED) is 0.137. The van der Waals surface area contributed by atoms with Gasteiger partial charge in [-0.05, 0) is 81.7 Å². The zero-order valence-electron chi connectivity index (χ0n) is 30.4. The monoisotopic (exact) mass is 713 g/mol. The molecular formula is C40H51N5O7. The van der Waals surface area contributed by atoms with Crippen molar-refractivity contribution in [2.24, 2.45) is 5.92 Å². The summed E-state index contributed by atoms with van der Waals surface area (Å²) in [7, 11) is 0. The first-order valence-electron chi connectivity index (χ1n) is 18.8. The summed E-state index contributed by atoms with van der Waals surface area (Å²) in [6.07, 6.45) is 7.99. The molecule has 2 aromatic carbocycles. The van der Waals surface area contributed by atoms with Crippen molar-refractivity contribution in [3.63, 3.8) is 0 Å². The third-order valence-electron chi connectivity index (χ3n) is 10.1. The number of amides is 5. The van der Waals surface area contributed by atoms with Gasteiger partial charge in [0, 0.05) is 60.9 Å². The first-order valence-corrected chi connectivity index (χ1v) is 18.8. The van der Waals surface area contributed by atoms with Crippen LogP contribution in [-0.2, 0) is 41.8 Å². The van der Waals surface area contributed by atoms with Crippen LogP contribution in [0.1, 0.15) is 107 Å². The molecule has 1 aromatic heterocycles. The molecule has 2 heterocycles. The van der Waals surface area contributed by atoms with Gasteiger partial charge < -0.3 is 24.9 Å². The van der Waals surface area contributed by atoms with Crippen LogP contribution in [0.15, 0.2) is 54.6 Å². The van der Waals surface area contributed by atoms with Gasteiger partial charge in [0.25, 0.3) is 17.7 Å². The Bertz CT molecular complexity index is 1740. The van der Waals surface area contributed by atoms with E-state index < -0.39 is 17.8 Å². The molecule has 0 bridgehead atoms. The van der Waals surface area contributed by atoms with E-state index in [1.165, 1.54) is 0 Å². The molecule has 0 atom stereocenters. The smallest absolute Gasteiger partial charge is 0.333 e. The molecule has 1 aliphatic carbocycles. The maximum absolute atomic E-state index is 13.7.